The lowest BCUT2D eigenvalue weighted by atomic mass is 10.2. The van der Waals surface area contributed by atoms with Gasteiger partial charge in [-0.3, -0.25) is 4.79 Å². The van der Waals surface area contributed by atoms with Gasteiger partial charge in [-0.1, -0.05) is 0 Å². The molecule has 7 heteroatoms. The molecular formula is C11H10BrN3O3. The zero-order valence-electron chi connectivity index (χ0n) is 9.34. The summed E-state index contributed by atoms with van der Waals surface area (Å²) in [6, 6.07) is 3.59. The number of carbonyl (C=O) groups is 1. The molecule has 6 nitrogen and oxygen atoms in total. The molecule has 1 N–H and O–H groups in total. The third kappa shape index (κ3) is 3.36. The van der Waals surface area contributed by atoms with Crippen LogP contribution in [0.3, 0.4) is 0 Å². The van der Waals surface area contributed by atoms with Gasteiger partial charge < -0.3 is 9.52 Å². The molecule has 94 valence electrons. The maximum atomic E-state index is 10.4. The van der Waals surface area contributed by atoms with Crippen molar-refractivity contribution in [1.82, 2.24) is 15.2 Å². The molecular weight excluding hydrogens is 302 g/mol. The number of hydrogen-bond acceptors (Lipinski definition) is 5. The second-order valence-electron chi connectivity index (χ2n) is 3.61. The highest BCUT2D eigenvalue weighted by Crippen LogP contribution is 2.18. The van der Waals surface area contributed by atoms with Crippen LogP contribution in [0.5, 0.6) is 0 Å². The Morgan fingerprint density at radius 1 is 1.39 bits per heavy atom. The largest absolute Gasteiger partial charge is 0.481 e. The Hall–Kier alpha value is -1.76. The van der Waals surface area contributed by atoms with Crippen LogP contribution in [-0.4, -0.2) is 26.3 Å². The van der Waals surface area contributed by atoms with Crippen LogP contribution >= 0.6 is 15.9 Å². The molecule has 0 aromatic carbocycles. The van der Waals surface area contributed by atoms with E-state index < -0.39 is 5.97 Å². The number of pyridine rings is 1. The Bertz CT molecular complexity index is 539. The molecule has 0 saturated heterocycles. The van der Waals surface area contributed by atoms with Crippen molar-refractivity contribution in [3.8, 4) is 11.6 Å². The summed E-state index contributed by atoms with van der Waals surface area (Å²) in [6.07, 6.45) is 2.67. The van der Waals surface area contributed by atoms with Crippen molar-refractivity contribution in [2.75, 3.05) is 0 Å². The van der Waals surface area contributed by atoms with Crippen molar-refractivity contribution in [2.45, 2.75) is 19.3 Å². The molecule has 2 rings (SSSR count). The smallest absolute Gasteiger partial charge is 0.303 e. The Balaban J connectivity index is 2.01. The number of aromatic nitrogens is 3. The number of hydrogen-bond donors (Lipinski definition) is 1. The van der Waals surface area contributed by atoms with Crippen LogP contribution in [0.1, 0.15) is 18.7 Å². The lowest BCUT2D eigenvalue weighted by molar-refractivity contribution is -0.137. The molecule has 0 aliphatic carbocycles. The summed E-state index contributed by atoms with van der Waals surface area (Å²) in [5.74, 6) is -0.0619. The highest BCUT2D eigenvalue weighted by atomic mass is 79.9. The van der Waals surface area contributed by atoms with Crippen LogP contribution in [0.25, 0.3) is 11.6 Å². The molecule has 0 aliphatic rings. The van der Waals surface area contributed by atoms with Crippen LogP contribution < -0.4 is 0 Å². The number of nitrogens with zero attached hydrogens (tertiary/aromatic N) is 3. The van der Waals surface area contributed by atoms with Crippen molar-refractivity contribution < 1.29 is 14.3 Å². The van der Waals surface area contributed by atoms with Crippen molar-refractivity contribution in [1.29, 1.82) is 0 Å². The molecule has 0 saturated carbocycles. The fourth-order valence-corrected chi connectivity index (χ4v) is 1.59. The summed E-state index contributed by atoms with van der Waals surface area (Å²) in [5, 5.41) is 16.2. The third-order valence-corrected chi connectivity index (χ3v) is 2.66. The number of rotatable bonds is 5. The standard InChI is InChI=1S/C11H10BrN3O3/c12-7-4-5-8(13-6-7)11-15-14-9(18-11)2-1-3-10(16)17/h4-6H,1-3H2,(H,16,17). The van der Waals surface area contributed by atoms with Gasteiger partial charge in [0.2, 0.25) is 5.89 Å². The predicted molar refractivity (Wildman–Crippen MR) is 65.8 cm³/mol. The van der Waals surface area contributed by atoms with Gasteiger partial charge in [0.05, 0.1) is 0 Å². The molecule has 2 heterocycles. The second kappa shape index (κ2) is 5.72. The van der Waals surface area contributed by atoms with E-state index in [1.54, 1.807) is 12.3 Å². The van der Waals surface area contributed by atoms with Gasteiger partial charge in [-0.15, -0.1) is 10.2 Å². The minimum Gasteiger partial charge on any atom is -0.481 e. The van der Waals surface area contributed by atoms with E-state index in [0.717, 1.165) is 4.47 Å². The van der Waals surface area contributed by atoms with E-state index in [2.05, 4.69) is 31.1 Å². The van der Waals surface area contributed by atoms with Crippen LogP contribution in [0.15, 0.2) is 27.2 Å². The zero-order chi connectivity index (χ0) is 13.0. The highest BCUT2D eigenvalue weighted by molar-refractivity contribution is 9.10. The predicted octanol–water partition coefficient (Wildman–Crippen LogP) is 2.30. The van der Waals surface area contributed by atoms with E-state index >= 15 is 0 Å². The normalized spacial score (nSPS) is 10.5. The van der Waals surface area contributed by atoms with E-state index in [-0.39, 0.29) is 6.42 Å². The Kier molecular flexibility index (Phi) is 4.03. The first kappa shape index (κ1) is 12.7. The minimum atomic E-state index is -0.829. The summed E-state index contributed by atoms with van der Waals surface area (Å²) in [4.78, 5) is 14.5. The Morgan fingerprint density at radius 3 is 2.89 bits per heavy atom. The molecule has 0 spiro atoms. The highest BCUT2D eigenvalue weighted by Gasteiger charge is 2.10. The summed E-state index contributed by atoms with van der Waals surface area (Å²) in [7, 11) is 0. The molecule has 18 heavy (non-hydrogen) atoms. The molecule has 2 aromatic heterocycles. The van der Waals surface area contributed by atoms with E-state index in [4.69, 9.17) is 9.52 Å². The Labute approximate surface area is 111 Å². The number of aryl methyl sites for hydroxylation is 1. The van der Waals surface area contributed by atoms with E-state index in [9.17, 15) is 4.79 Å². The van der Waals surface area contributed by atoms with Crippen molar-refractivity contribution >= 4 is 21.9 Å². The van der Waals surface area contributed by atoms with Crippen LogP contribution in [-0.2, 0) is 11.2 Å². The minimum absolute atomic E-state index is 0.0915. The first-order valence-electron chi connectivity index (χ1n) is 5.31. The fourth-order valence-electron chi connectivity index (χ4n) is 1.35. The monoisotopic (exact) mass is 311 g/mol. The molecule has 0 amide bonds. The maximum Gasteiger partial charge on any atom is 0.303 e. The fraction of sp³-hybridized carbons (Fsp3) is 0.273. The summed E-state index contributed by atoms with van der Waals surface area (Å²) in [6.45, 7) is 0. The summed E-state index contributed by atoms with van der Waals surface area (Å²) in [5.41, 5.74) is 0.593. The SMILES string of the molecule is O=C(O)CCCc1nnc(-c2ccc(Br)cn2)o1. The van der Waals surface area contributed by atoms with Crippen molar-refractivity contribution in [3.05, 3.63) is 28.7 Å². The number of aliphatic carboxylic acids is 1. The van der Waals surface area contributed by atoms with Gasteiger partial charge in [-0.05, 0) is 34.5 Å². The number of carboxylic acids is 1. The van der Waals surface area contributed by atoms with Crippen LogP contribution in [0, 0.1) is 0 Å². The first-order chi connectivity index (χ1) is 8.65. The van der Waals surface area contributed by atoms with Gasteiger partial charge in [0.25, 0.3) is 5.89 Å². The molecule has 0 atom stereocenters. The first-order valence-corrected chi connectivity index (χ1v) is 6.10. The molecule has 0 aliphatic heterocycles. The third-order valence-electron chi connectivity index (χ3n) is 2.19. The Morgan fingerprint density at radius 2 is 2.22 bits per heavy atom. The van der Waals surface area contributed by atoms with Gasteiger partial charge in [0, 0.05) is 23.5 Å². The summed E-state index contributed by atoms with van der Waals surface area (Å²) < 4.78 is 6.27. The molecule has 0 bridgehead atoms. The van der Waals surface area contributed by atoms with Gasteiger partial charge in [-0.2, -0.15) is 0 Å². The second-order valence-corrected chi connectivity index (χ2v) is 4.53. The van der Waals surface area contributed by atoms with Crippen LogP contribution in [0.4, 0.5) is 0 Å². The molecule has 0 radical (unpaired) electrons. The number of halogens is 1. The average Bonchev–Trinajstić information content (AvgIpc) is 2.78. The quantitative estimate of drug-likeness (QED) is 0.911. The topological polar surface area (TPSA) is 89.1 Å². The van der Waals surface area contributed by atoms with E-state index in [0.29, 0.717) is 30.3 Å². The van der Waals surface area contributed by atoms with Crippen molar-refractivity contribution in [3.63, 3.8) is 0 Å². The molecule has 0 fully saturated rings. The van der Waals surface area contributed by atoms with E-state index in [1.165, 1.54) is 0 Å². The van der Waals surface area contributed by atoms with E-state index in [1.807, 2.05) is 6.07 Å². The van der Waals surface area contributed by atoms with Gasteiger partial charge >= 0.3 is 5.97 Å². The zero-order valence-corrected chi connectivity index (χ0v) is 10.9. The maximum absolute atomic E-state index is 10.4. The molecule has 2 aromatic rings. The average molecular weight is 312 g/mol. The van der Waals surface area contributed by atoms with Gasteiger partial charge in [0.1, 0.15) is 5.69 Å². The lowest BCUT2D eigenvalue weighted by Crippen LogP contribution is -1.95. The number of carboxylic acid groups (broad SMARTS) is 1. The molecule has 0 unspecified atom stereocenters. The summed E-state index contributed by atoms with van der Waals surface area (Å²) >= 11 is 3.29. The van der Waals surface area contributed by atoms with Gasteiger partial charge in [-0.25, -0.2) is 4.98 Å². The lowest BCUT2D eigenvalue weighted by Gasteiger charge is -1.94. The van der Waals surface area contributed by atoms with Crippen molar-refractivity contribution in [2.24, 2.45) is 0 Å². The van der Waals surface area contributed by atoms with Gasteiger partial charge in [0.15, 0.2) is 0 Å². The van der Waals surface area contributed by atoms with Crippen LogP contribution in [0.2, 0.25) is 0 Å².